The standard InChI is InChI=1S/C5H7N3O3/c6-4(10)2-1-3(9)8(2)5(7)11/h2H,1H2,(H2,6,10)(H2,7,11). The molecule has 1 aliphatic heterocycles. The summed E-state index contributed by atoms with van der Waals surface area (Å²) < 4.78 is 0. The van der Waals surface area contributed by atoms with Crippen LogP contribution in [0.15, 0.2) is 0 Å². The Hall–Kier alpha value is -1.59. The molecule has 4 N–H and O–H groups in total. The first-order chi connectivity index (χ1) is 5.04. The average molecular weight is 157 g/mol. The number of rotatable bonds is 1. The molecular weight excluding hydrogens is 150 g/mol. The molecule has 0 radical (unpaired) electrons. The van der Waals surface area contributed by atoms with Crippen molar-refractivity contribution < 1.29 is 14.4 Å². The van der Waals surface area contributed by atoms with Gasteiger partial charge in [-0.2, -0.15) is 0 Å². The minimum absolute atomic E-state index is 0.0156. The van der Waals surface area contributed by atoms with Crippen molar-refractivity contribution in [1.82, 2.24) is 4.90 Å². The van der Waals surface area contributed by atoms with Gasteiger partial charge < -0.3 is 11.5 Å². The van der Waals surface area contributed by atoms with E-state index in [-0.39, 0.29) is 6.42 Å². The number of urea groups is 1. The summed E-state index contributed by atoms with van der Waals surface area (Å²) in [5.74, 6) is -1.16. The number of carbonyl (C=O) groups excluding carboxylic acids is 3. The molecule has 0 saturated carbocycles. The molecule has 0 aromatic heterocycles. The molecule has 0 bridgehead atoms. The molecule has 0 aliphatic carbocycles. The molecule has 6 heteroatoms. The van der Waals surface area contributed by atoms with Gasteiger partial charge in [-0.05, 0) is 0 Å². The van der Waals surface area contributed by atoms with Crippen LogP contribution in [-0.4, -0.2) is 28.8 Å². The van der Waals surface area contributed by atoms with Crippen molar-refractivity contribution in [1.29, 1.82) is 0 Å². The summed E-state index contributed by atoms with van der Waals surface area (Å²) in [4.78, 5) is 32.1. The number of β-lactam (4-membered cyclic amide) rings is 1. The van der Waals surface area contributed by atoms with Crippen molar-refractivity contribution in [3.63, 3.8) is 0 Å². The Balaban J connectivity index is 2.69. The number of nitrogens with two attached hydrogens (primary N) is 2. The maximum Gasteiger partial charge on any atom is 0.322 e. The van der Waals surface area contributed by atoms with E-state index in [4.69, 9.17) is 11.5 Å². The highest BCUT2D eigenvalue weighted by Gasteiger charge is 2.43. The summed E-state index contributed by atoms with van der Waals surface area (Å²) in [6.07, 6.45) is -0.0156. The third-order valence-electron chi connectivity index (χ3n) is 1.51. The first-order valence-corrected chi connectivity index (χ1v) is 2.95. The predicted octanol–water partition coefficient (Wildman–Crippen LogP) is -1.85. The van der Waals surface area contributed by atoms with Gasteiger partial charge >= 0.3 is 6.03 Å². The third-order valence-corrected chi connectivity index (χ3v) is 1.51. The van der Waals surface area contributed by atoms with E-state index in [0.717, 1.165) is 0 Å². The monoisotopic (exact) mass is 157 g/mol. The van der Waals surface area contributed by atoms with Crippen molar-refractivity contribution in [2.24, 2.45) is 11.5 Å². The first-order valence-electron chi connectivity index (χ1n) is 2.95. The Morgan fingerprint density at radius 1 is 1.45 bits per heavy atom. The van der Waals surface area contributed by atoms with E-state index in [1.807, 2.05) is 0 Å². The van der Waals surface area contributed by atoms with Crippen LogP contribution >= 0.6 is 0 Å². The van der Waals surface area contributed by atoms with Crippen molar-refractivity contribution in [2.75, 3.05) is 0 Å². The second-order valence-corrected chi connectivity index (χ2v) is 2.22. The van der Waals surface area contributed by atoms with Crippen LogP contribution in [0.5, 0.6) is 0 Å². The Morgan fingerprint density at radius 3 is 2.18 bits per heavy atom. The van der Waals surface area contributed by atoms with Crippen molar-refractivity contribution >= 4 is 17.8 Å². The van der Waals surface area contributed by atoms with Gasteiger partial charge in [0.2, 0.25) is 11.8 Å². The molecule has 1 atom stereocenters. The number of nitrogens with zero attached hydrogens (tertiary/aromatic N) is 1. The maximum atomic E-state index is 10.6. The number of hydrogen-bond acceptors (Lipinski definition) is 3. The van der Waals surface area contributed by atoms with E-state index in [1.54, 1.807) is 0 Å². The van der Waals surface area contributed by atoms with Gasteiger partial charge in [-0.3, -0.25) is 14.5 Å². The number of amides is 4. The third kappa shape index (κ3) is 1.02. The van der Waals surface area contributed by atoms with Crippen molar-refractivity contribution in [3.05, 3.63) is 0 Å². The molecule has 1 rings (SSSR count). The lowest BCUT2D eigenvalue weighted by molar-refractivity contribution is -0.147. The van der Waals surface area contributed by atoms with Gasteiger partial charge in [-0.1, -0.05) is 0 Å². The largest absolute Gasteiger partial charge is 0.368 e. The molecule has 1 fully saturated rings. The number of primary amides is 2. The van der Waals surface area contributed by atoms with Crippen LogP contribution in [0, 0.1) is 0 Å². The van der Waals surface area contributed by atoms with Crippen LogP contribution in [0.1, 0.15) is 6.42 Å². The molecule has 1 unspecified atom stereocenters. The zero-order valence-electron chi connectivity index (χ0n) is 5.61. The fourth-order valence-electron chi connectivity index (χ4n) is 0.921. The van der Waals surface area contributed by atoms with E-state index < -0.39 is 23.9 Å². The molecule has 60 valence electrons. The molecule has 1 heterocycles. The van der Waals surface area contributed by atoms with Gasteiger partial charge in [0.05, 0.1) is 6.42 Å². The quantitative estimate of drug-likeness (QED) is 0.436. The van der Waals surface area contributed by atoms with E-state index >= 15 is 0 Å². The second kappa shape index (κ2) is 2.22. The second-order valence-electron chi connectivity index (χ2n) is 2.22. The lowest BCUT2D eigenvalue weighted by Gasteiger charge is -2.34. The van der Waals surface area contributed by atoms with Crippen LogP contribution in [0.3, 0.4) is 0 Å². The molecule has 0 spiro atoms. The topological polar surface area (TPSA) is 106 Å². The molecular formula is C5H7N3O3. The predicted molar refractivity (Wildman–Crippen MR) is 34.0 cm³/mol. The lowest BCUT2D eigenvalue weighted by atomic mass is 10.0. The van der Waals surface area contributed by atoms with Gasteiger partial charge in [0.15, 0.2) is 0 Å². The lowest BCUT2D eigenvalue weighted by Crippen LogP contribution is -2.62. The molecule has 0 aromatic rings. The summed E-state index contributed by atoms with van der Waals surface area (Å²) in [6.45, 7) is 0. The number of imide groups is 1. The molecule has 11 heavy (non-hydrogen) atoms. The average Bonchev–Trinajstić information content (AvgIpc) is 1.80. The molecule has 1 aliphatic rings. The minimum atomic E-state index is -0.926. The summed E-state index contributed by atoms with van der Waals surface area (Å²) in [7, 11) is 0. The Kier molecular flexibility index (Phi) is 1.52. The van der Waals surface area contributed by atoms with Gasteiger partial charge in [-0.25, -0.2) is 4.79 Å². The number of carbonyl (C=O) groups is 3. The van der Waals surface area contributed by atoms with Crippen LogP contribution < -0.4 is 11.5 Å². The zero-order valence-corrected chi connectivity index (χ0v) is 5.61. The van der Waals surface area contributed by atoms with Crippen LogP contribution in [0.25, 0.3) is 0 Å². The van der Waals surface area contributed by atoms with E-state index in [1.165, 1.54) is 0 Å². The van der Waals surface area contributed by atoms with Crippen LogP contribution in [-0.2, 0) is 9.59 Å². The highest BCUT2D eigenvalue weighted by molar-refractivity contribution is 6.06. The normalized spacial score (nSPS) is 22.7. The highest BCUT2D eigenvalue weighted by Crippen LogP contribution is 2.17. The smallest absolute Gasteiger partial charge is 0.322 e. The van der Waals surface area contributed by atoms with Gasteiger partial charge in [0, 0.05) is 0 Å². The minimum Gasteiger partial charge on any atom is -0.368 e. The Morgan fingerprint density at radius 2 is 2.00 bits per heavy atom. The summed E-state index contributed by atoms with van der Waals surface area (Å²) >= 11 is 0. The summed E-state index contributed by atoms with van der Waals surface area (Å²) in [6, 6.07) is -1.76. The molecule has 0 aromatic carbocycles. The van der Waals surface area contributed by atoms with Crippen molar-refractivity contribution in [2.45, 2.75) is 12.5 Å². The summed E-state index contributed by atoms with van der Waals surface area (Å²) in [5, 5.41) is 0. The van der Waals surface area contributed by atoms with E-state index in [2.05, 4.69) is 0 Å². The van der Waals surface area contributed by atoms with E-state index in [9.17, 15) is 14.4 Å². The van der Waals surface area contributed by atoms with Gasteiger partial charge in [0.25, 0.3) is 0 Å². The highest BCUT2D eigenvalue weighted by atomic mass is 16.2. The maximum absolute atomic E-state index is 10.6. The zero-order chi connectivity index (χ0) is 8.59. The summed E-state index contributed by atoms with van der Waals surface area (Å²) in [5.41, 5.74) is 9.62. The Labute approximate surface area is 62.1 Å². The first kappa shape index (κ1) is 7.52. The fourth-order valence-corrected chi connectivity index (χ4v) is 0.921. The number of hydrogen-bond donors (Lipinski definition) is 2. The van der Waals surface area contributed by atoms with Crippen LogP contribution in [0.2, 0.25) is 0 Å². The molecule has 6 nitrogen and oxygen atoms in total. The fraction of sp³-hybridized carbons (Fsp3) is 0.400. The van der Waals surface area contributed by atoms with Gasteiger partial charge in [0.1, 0.15) is 6.04 Å². The number of likely N-dealkylation sites (tertiary alicyclic amines) is 1. The van der Waals surface area contributed by atoms with E-state index in [0.29, 0.717) is 4.90 Å². The van der Waals surface area contributed by atoms with Gasteiger partial charge in [-0.15, -0.1) is 0 Å². The van der Waals surface area contributed by atoms with Crippen molar-refractivity contribution in [3.8, 4) is 0 Å². The molecule has 1 saturated heterocycles. The van der Waals surface area contributed by atoms with Crippen LogP contribution in [0.4, 0.5) is 4.79 Å². The SMILES string of the molecule is NC(=O)C1CC(=O)N1C(N)=O. The molecule has 4 amide bonds. The Bertz CT molecular complexity index is 229.